The molecule has 0 spiro atoms. The molecule has 0 amide bonds. The van der Waals surface area contributed by atoms with Crippen molar-refractivity contribution in [3.63, 3.8) is 0 Å². The molecule has 0 N–H and O–H groups in total. The maximum atomic E-state index is 12.3. The first kappa shape index (κ1) is 31.2. The molecule has 6 saturated carbocycles. The predicted octanol–water partition coefficient (Wildman–Crippen LogP) is 8.81. The summed E-state index contributed by atoms with van der Waals surface area (Å²) in [6.45, 7) is 9.07. The lowest BCUT2D eigenvalue weighted by Gasteiger charge is -2.58. The van der Waals surface area contributed by atoms with Crippen LogP contribution in [0.2, 0.25) is 0 Å². The van der Waals surface area contributed by atoms with E-state index in [9.17, 15) is 19.2 Å². The minimum Gasteiger partial charge on any atom is -0.290 e. The molecule has 43 heavy (non-hydrogen) atoms. The first-order valence-electron chi connectivity index (χ1n) is 17.6. The molecule has 0 bridgehead atoms. The van der Waals surface area contributed by atoms with Crippen LogP contribution in [0.25, 0.3) is 0 Å². The molecule has 0 aromatic heterocycles. The third kappa shape index (κ3) is 4.33. The van der Waals surface area contributed by atoms with E-state index in [2.05, 4.69) is 13.8 Å². The largest absolute Gasteiger partial charge is 0.290 e. The molecule has 0 aliphatic heterocycles. The van der Waals surface area contributed by atoms with E-state index >= 15 is 0 Å². The van der Waals surface area contributed by atoms with E-state index < -0.39 is 10.8 Å². The maximum Gasteiger partial charge on any atom is 0.222 e. The molecule has 8 aliphatic rings. The Kier molecular flexibility index (Phi) is 7.69. The number of carbonyl (C=O) groups is 4. The van der Waals surface area contributed by atoms with Crippen molar-refractivity contribution in [2.45, 2.75) is 138 Å². The van der Waals surface area contributed by atoms with Crippen LogP contribution in [0.3, 0.4) is 0 Å². The molecule has 0 heterocycles. The normalized spacial score (nSPS) is 48.1. The quantitative estimate of drug-likeness (QED) is 0.265. The third-order valence-corrected chi connectivity index (χ3v) is 15.2. The molecule has 0 aromatic carbocycles. The molecule has 4 heteroatoms. The van der Waals surface area contributed by atoms with Gasteiger partial charge >= 0.3 is 0 Å². The molecular weight excluding hydrogens is 532 g/mol. The highest BCUT2D eigenvalue weighted by atomic mass is 16.2. The maximum absolute atomic E-state index is 12.3. The monoisotopic (exact) mass is 588 g/mol. The Morgan fingerprint density at radius 2 is 0.907 bits per heavy atom. The van der Waals surface area contributed by atoms with Gasteiger partial charge in [0, 0.05) is 0 Å². The molecule has 2 unspecified atom stereocenters. The Morgan fingerprint density at radius 3 is 1.30 bits per heavy atom. The number of hydrogen-bond donors (Lipinski definition) is 0. The molecule has 8 aliphatic carbocycles. The highest BCUT2D eigenvalue weighted by Gasteiger charge is 2.60. The second kappa shape index (κ2) is 10.6. The molecule has 0 aromatic rings. The summed E-state index contributed by atoms with van der Waals surface area (Å²) in [5.74, 6) is 3.43. The van der Waals surface area contributed by atoms with Gasteiger partial charge in [-0.1, -0.05) is 47.0 Å². The Hall–Kier alpha value is -1.84. The Labute approximate surface area is 260 Å². The molecule has 10 atom stereocenters. The van der Waals surface area contributed by atoms with E-state index in [1.165, 1.54) is 88.2 Å². The Morgan fingerprint density at radius 1 is 0.512 bits per heavy atom. The topological polar surface area (TPSA) is 68.3 Å². The number of Topliss-reactive ketones (excluding diaryl/α,β-unsaturated/α-hetero) is 2. The lowest BCUT2D eigenvalue weighted by Crippen LogP contribution is -2.50. The second-order valence-corrected chi connectivity index (χ2v) is 16.8. The molecule has 8 rings (SSSR count). The van der Waals surface area contributed by atoms with Gasteiger partial charge in [-0.25, -0.2) is 0 Å². The molecule has 4 nitrogen and oxygen atoms in total. The van der Waals surface area contributed by atoms with Gasteiger partial charge in [-0.2, -0.15) is 0 Å². The number of hydrogen-bond acceptors (Lipinski definition) is 4. The smallest absolute Gasteiger partial charge is 0.222 e. The Balaban J connectivity index is 0.000000150. The summed E-state index contributed by atoms with van der Waals surface area (Å²) >= 11 is 0. The average Bonchev–Trinajstić information content (AvgIpc) is 3.35. The van der Waals surface area contributed by atoms with Gasteiger partial charge in [0.1, 0.15) is 0 Å². The van der Waals surface area contributed by atoms with Gasteiger partial charge in [0.15, 0.2) is 0 Å². The lowest BCUT2D eigenvalue weighted by atomic mass is 9.46. The van der Waals surface area contributed by atoms with Crippen molar-refractivity contribution >= 4 is 23.1 Å². The van der Waals surface area contributed by atoms with Crippen molar-refractivity contribution in [1.29, 1.82) is 0 Å². The summed E-state index contributed by atoms with van der Waals surface area (Å²) < 4.78 is 0. The van der Waals surface area contributed by atoms with Gasteiger partial charge in [0.05, 0.1) is 10.8 Å². The molecule has 236 valence electrons. The number of ketones is 4. The van der Waals surface area contributed by atoms with E-state index in [1.807, 2.05) is 13.8 Å². The van der Waals surface area contributed by atoms with E-state index in [0.717, 1.165) is 37.5 Å². The van der Waals surface area contributed by atoms with Crippen LogP contribution < -0.4 is 0 Å². The minimum absolute atomic E-state index is 0. The fourth-order valence-electron chi connectivity index (χ4n) is 12.6. The molecule has 6 fully saturated rings. The SMILES string of the molecule is C.C[C@]12CC[C@H]3[C@@H](CCC4CCCC[C@@]43C)C1=CC(=O)C2=O.C[C@]12CC[C@H]3[C@@H](CCC4CCCC[C@@]43C)C1=CC(=O)C2=O. The first-order valence-corrected chi connectivity index (χ1v) is 17.6. The number of allylic oxidation sites excluding steroid dienone is 4. The van der Waals surface area contributed by atoms with Gasteiger partial charge in [0.2, 0.25) is 23.1 Å². The second-order valence-electron chi connectivity index (χ2n) is 16.8. The van der Waals surface area contributed by atoms with E-state index in [1.54, 1.807) is 12.2 Å². The third-order valence-electron chi connectivity index (χ3n) is 15.2. The van der Waals surface area contributed by atoms with Crippen LogP contribution in [-0.4, -0.2) is 23.1 Å². The summed E-state index contributed by atoms with van der Waals surface area (Å²) in [6.07, 6.45) is 23.6. The molecule has 0 radical (unpaired) electrons. The van der Waals surface area contributed by atoms with Crippen molar-refractivity contribution in [3.8, 4) is 0 Å². The van der Waals surface area contributed by atoms with Crippen LogP contribution in [0.1, 0.15) is 138 Å². The summed E-state index contributed by atoms with van der Waals surface area (Å²) in [7, 11) is 0. The predicted molar refractivity (Wildman–Crippen MR) is 170 cm³/mol. The highest BCUT2D eigenvalue weighted by Crippen LogP contribution is 2.65. The van der Waals surface area contributed by atoms with Gasteiger partial charge in [0.25, 0.3) is 0 Å². The first-order chi connectivity index (χ1) is 19.9. The summed E-state index contributed by atoms with van der Waals surface area (Å²) in [5, 5.41) is 0. The number of fused-ring (bicyclic) bond motifs is 10. The molecule has 0 saturated heterocycles. The zero-order valence-corrected chi connectivity index (χ0v) is 26.6. The molecular formula is C39H56O4. The minimum atomic E-state index is -0.448. The Bertz CT molecular complexity index is 1190. The van der Waals surface area contributed by atoms with E-state index in [0.29, 0.717) is 34.5 Å². The number of carbonyl (C=O) groups excluding carboxylic acids is 4. The van der Waals surface area contributed by atoms with Crippen LogP contribution in [0, 0.1) is 57.2 Å². The van der Waals surface area contributed by atoms with Crippen molar-refractivity contribution < 1.29 is 19.2 Å². The zero-order chi connectivity index (χ0) is 29.7. The van der Waals surface area contributed by atoms with Gasteiger partial charge in [-0.05, 0) is 161 Å². The van der Waals surface area contributed by atoms with Gasteiger partial charge in [-0.15, -0.1) is 0 Å². The van der Waals surface area contributed by atoms with Crippen LogP contribution in [0.4, 0.5) is 0 Å². The summed E-state index contributed by atoms with van der Waals surface area (Å²) in [6, 6.07) is 0. The standard InChI is InChI=1S/2C19H26O2.CH4/c2*1-18-9-4-3-5-12(18)6-7-13-14(18)8-10-19(2)15(13)11-16(20)17(19)21;/h2*11-14H,3-10H2,1-2H3;1H4/t2*12?,13-,14+,18+,19+;/m11./s1. The average molecular weight is 589 g/mol. The van der Waals surface area contributed by atoms with Crippen LogP contribution in [0.15, 0.2) is 23.3 Å². The summed E-state index contributed by atoms with van der Waals surface area (Å²) in [4.78, 5) is 48.5. The van der Waals surface area contributed by atoms with Gasteiger partial charge in [-0.3, -0.25) is 19.2 Å². The van der Waals surface area contributed by atoms with Crippen molar-refractivity contribution in [1.82, 2.24) is 0 Å². The fraction of sp³-hybridized carbons (Fsp3) is 0.795. The van der Waals surface area contributed by atoms with E-state index in [4.69, 9.17) is 0 Å². The fourth-order valence-corrected chi connectivity index (χ4v) is 12.6. The van der Waals surface area contributed by atoms with Crippen LogP contribution in [0.5, 0.6) is 0 Å². The van der Waals surface area contributed by atoms with Crippen LogP contribution >= 0.6 is 0 Å². The summed E-state index contributed by atoms with van der Waals surface area (Å²) in [5.41, 5.74) is 2.43. The van der Waals surface area contributed by atoms with Crippen molar-refractivity contribution in [3.05, 3.63) is 23.3 Å². The van der Waals surface area contributed by atoms with Crippen LogP contribution in [-0.2, 0) is 19.2 Å². The van der Waals surface area contributed by atoms with E-state index in [-0.39, 0.29) is 30.6 Å². The highest BCUT2D eigenvalue weighted by molar-refractivity contribution is 6.47. The van der Waals surface area contributed by atoms with Crippen molar-refractivity contribution in [2.24, 2.45) is 57.2 Å². The number of rotatable bonds is 0. The van der Waals surface area contributed by atoms with Gasteiger partial charge < -0.3 is 0 Å². The zero-order valence-electron chi connectivity index (χ0n) is 26.6. The van der Waals surface area contributed by atoms with Crippen molar-refractivity contribution in [2.75, 3.05) is 0 Å². The lowest BCUT2D eigenvalue weighted by molar-refractivity contribution is -0.139.